The zero-order valence-corrected chi connectivity index (χ0v) is 15.4. The van der Waals surface area contributed by atoms with Gasteiger partial charge in [-0.15, -0.1) is 0 Å². The Balaban J connectivity index is 1.85. The highest BCUT2D eigenvalue weighted by molar-refractivity contribution is 6.03. The van der Waals surface area contributed by atoms with E-state index in [1.165, 1.54) is 0 Å². The lowest BCUT2D eigenvalue weighted by Gasteiger charge is -2.11. The van der Waals surface area contributed by atoms with Gasteiger partial charge >= 0.3 is 0 Å². The second-order valence-electron chi connectivity index (χ2n) is 6.22. The molecule has 2 aromatic carbocycles. The number of aryl methyl sites for hydroxylation is 3. The molecule has 27 heavy (non-hydrogen) atoms. The standard InChI is InChI=1S/C21H19N5O/c1-13-8-9-17(10-14(13)2)25-21(27)19-11-20(24-15(3)23-19)26-18-7-5-4-6-16(18)12-22/h4-11H,1-3H3,(H,25,27)(H,23,24,26). The molecular weight excluding hydrogens is 338 g/mol. The van der Waals surface area contributed by atoms with Gasteiger partial charge in [0.1, 0.15) is 23.4 Å². The minimum absolute atomic E-state index is 0.248. The lowest BCUT2D eigenvalue weighted by Crippen LogP contribution is -2.15. The van der Waals surface area contributed by atoms with Crippen molar-refractivity contribution in [1.82, 2.24) is 9.97 Å². The third-order valence-corrected chi connectivity index (χ3v) is 4.15. The van der Waals surface area contributed by atoms with Crippen LogP contribution in [0.25, 0.3) is 0 Å². The predicted molar refractivity (Wildman–Crippen MR) is 105 cm³/mol. The maximum absolute atomic E-state index is 12.6. The fourth-order valence-electron chi connectivity index (χ4n) is 2.59. The van der Waals surface area contributed by atoms with E-state index >= 15 is 0 Å². The number of nitrogens with zero attached hydrogens (tertiary/aromatic N) is 3. The molecule has 0 aliphatic rings. The van der Waals surface area contributed by atoms with Gasteiger partial charge in [0.2, 0.25) is 0 Å². The average Bonchev–Trinajstić information content (AvgIpc) is 2.64. The second kappa shape index (κ2) is 7.67. The molecule has 134 valence electrons. The number of anilines is 3. The molecule has 0 aliphatic carbocycles. The van der Waals surface area contributed by atoms with Gasteiger partial charge in [-0.05, 0) is 56.2 Å². The number of nitrogens with one attached hydrogen (secondary N) is 2. The van der Waals surface area contributed by atoms with Crippen LogP contribution in [0.5, 0.6) is 0 Å². The van der Waals surface area contributed by atoms with Crippen LogP contribution in [0.1, 0.15) is 33.0 Å². The van der Waals surface area contributed by atoms with Crippen LogP contribution in [-0.4, -0.2) is 15.9 Å². The molecule has 0 atom stereocenters. The summed E-state index contributed by atoms with van der Waals surface area (Å²) in [5.41, 5.74) is 4.34. The van der Waals surface area contributed by atoms with E-state index in [9.17, 15) is 10.1 Å². The van der Waals surface area contributed by atoms with E-state index < -0.39 is 0 Å². The number of hydrogen-bond acceptors (Lipinski definition) is 5. The average molecular weight is 357 g/mol. The van der Waals surface area contributed by atoms with Crippen LogP contribution in [0.4, 0.5) is 17.2 Å². The van der Waals surface area contributed by atoms with Crippen molar-refractivity contribution in [3.63, 3.8) is 0 Å². The first kappa shape index (κ1) is 18.1. The van der Waals surface area contributed by atoms with Crippen LogP contribution in [-0.2, 0) is 0 Å². The van der Waals surface area contributed by atoms with Gasteiger partial charge in [0.05, 0.1) is 11.3 Å². The van der Waals surface area contributed by atoms with Crippen molar-refractivity contribution >= 4 is 23.1 Å². The van der Waals surface area contributed by atoms with Gasteiger partial charge in [0.15, 0.2) is 0 Å². The number of rotatable bonds is 4. The zero-order chi connectivity index (χ0) is 19.4. The number of benzene rings is 2. The summed E-state index contributed by atoms with van der Waals surface area (Å²) < 4.78 is 0. The Kier molecular flexibility index (Phi) is 5.13. The van der Waals surface area contributed by atoms with Crippen LogP contribution in [0, 0.1) is 32.1 Å². The molecule has 0 radical (unpaired) electrons. The number of amides is 1. The number of carbonyl (C=O) groups excluding carboxylic acids is 1. The molecule has 3 aromatic rings. The fourth-order valence-corrected chi connectivity index (χ4v) is 2.59. The SMILES string of the molecule is Cc1nc(Nc2ccccc2C#N)cc(C(=O)Nc2ccc(C)c(C)c2)n1. The Hall–Kier alpha value is -3.72. The second-order valence-corrected chi connectivity index (χ2v) is 6.22. The smallest absolute Gasteiger partial charge is 0.274 e. The van der Waals surface area contributed by atoms with Gasteiger partial charge < -0.3 is 10.6 Å². The van der Waals surface area contributed by atoms with Crippen LogP contribution in [0.2, 0.25) is 0 Å². The summed E-state index contributed by atoms with van der Waals surface area (Å²) in [7, 11) is 0. The Morgan fingerprint density at radius 1 is 1.00 bits per heavy atom. The van der Waals surface area contributed by atoms with Crippen molar-refractivity contribution in [1.29, 1.82) is 5.26 Å². The number of hydrogen-bond donors (Lipinski definition) is 2. The maximum atomic E-state index is 12.6. The van der Waals surface area contributed by atoms with E-state index in [0.717, 1.165) is 11.1 Å². The van der Waals surface area contributed by atoms with Gasteiger partial charge in [0, 0.05) is 11.8 Å². The van der Waals surface area contributed by atoms with Gasteiger partial charge in [0.25, 0.3) is 5.91 Å². The van der Waals surface area contributed by atoms with Crippen molar-refractivity contribution in [3.05, 3.63) is 76.7 Å². The topological polar surface area (TPSA) is 90.7 Å². The monoisotopic (exact) mass is 357 g/mol. The Bertz CT molecular complexity index is 1050. The van der Waals surface area contributed by atoms with Crippen molar-refractivity contribution < 1.29 is 4.79 Å². The molecule has 2 N–H and O–H groups in total. The van der Waals surface area contributed by atoms with Crippen molar-refractivity contribution in [2.24, 2.45) is 0 Å². The summed E-state index contributed by atoms with van der Waals surface area (Å²) in [5, 5.41) is 15.2. The first-order valence-electron chi connectivity index (χ1n) is 8.46. The Morgan fingerprint density at radius 2 is 1.78 bits per heavy atom. The minimum Gasteiger partial charge on any atom is -0.339 e. The highest BCUT2D eigenvalue weighted by Gasteiger charge is 2.12. The van der Waals surface area contributed by atoms with Crippen LogP contribution in [0.15, 0.2) is 48.5 Å². The molecule has 3 rings (SSSR count). The quantitative estimate of drug-likeness (QED) is 0.728. The largest absolute Gasteiger partial charge is 0.339 e. The summed E-state index contributed by atoms with van der Waals surface area (Å²) in [6.07, 6.45) is 0. The molecule has 0 saturated heterocycles. The number of aromatic nitrogens is 2. The molecule has 0 bridgehead atoms. The normalized spacial score (nSPS) is 10.1. The maximum Gasteiger partial charge on any atom is 0.274 e. The van der Waals surface area contributed by atoms with Crippen LogP contribution in [0.3, 0.4) is 0 Å². The van der Waals surface area contributed by atoms with Crippen LogP contribution >= 0.6 is 0 Å². The Labute approximate surface area is 157 Å². The molecule has 1 aromatic heterocycles. The molecule has 0 spiro atoms. The minimum atomic E-state index is -0.319. The molecule has 0 aliphatic heterocycles. The molecule has 0 fully saturated rings. The number of carbonyl (C=O) groups is 1. The molecule has 1 heterocycles. The fraction of sp³-hybridized carbons (Fsp3) is 0.143. The van der Waals surface area contributed by atoms with E-state index in [2.05, 4.69) is 26.7 Å². The van der Waals surface area contributed by atoms with Gasteiger partial charge in [-0.25, -0.2) is 9.97 Å². The molecule has 0 saturated carbocycles. The van der Waals surface area contributed by atoms with Crippen molar-refractivity contribution in [2.75, 3.05) is 10.6 Å². The van der Waals surface area contributed by atoms with E-state index in [4.69, 9.17) is 0 Å². The molecule has 0 unspecified atom stereocenters. The van der Waals surface area contributed by atoms with Crippen molar-refractivity contribution in [2.45, 2.75) is 20.8 Å². The van der Waals surface area contributed by atoms with Crippen LogP contribution < -0.4 is 10.6 Å². The van der Waals surface area contributed by atoms with Gasteiger partial charge in [-0.2, -0.15) is 5.26 Å². The summed E-state index contributed by atoms with van der Waals surface area (Å²) in [6.45, 7) is 5.73. The lowest BCUT2D eigenvalue weighted by atomic mass is 10.1. The molecule has 6 nitrogen and oxygen atoms in total. The molecule has 6 heteroatoms. The van der Waals surface area contributed by atoms with Gasteiger partial charge in [-0.3, -0.25) is 4.79 Å². The first-order valence-corrected chi connectivity index (χ1v) is 8.46. The number of nitriles is 1. The summed E-state index contributed by atoms with van der Waals surface area (Å²) in [5.74, 6) is 0.593. The van der Waals surface area contributed by atoms with Crippen molar-refractivity contribution in [3.8, 4) is 6.07 Å². The van der Waals surface area contributed by atoms with E-state index in [-0.39, 0.29) is 11.6 Å². The third kappa shape index (κ3) is 4.28. The third-order valence-electron chi connectivity index (χ3n) is 4.15. The summed E-state index contributed by atoms with van der Waals surface area (Å²) >= 11 is 0. The summed E-state index contributed by atoms with van der Waals surface area (Å²) in [6, 6.07) is 16.5. The Morgan fingerprint density at radius 3 is 2.52 bits per heavy atom. The summed E-state index contributed by atoms with van der Waals surface area (Å²) in [4.78, 5) is 21.1. The molecule has 1 amide bonds. The predicted octanol–water partition coefficient (Wildman–Crippen LogP) is 4.27. The lowest BCUT2D eigenvalue weighted by molar-refractivity contribution is 0.102. The van der Waals surface area contributed by atoms with Gasteiger partial charge in [-0.1, -0.05) is 18.2 Å². The molecular formula is C21H19N5O. The highest BCUT2D eigenvalue weighted by Crippen LogP contribution is 2.20. The van der Waals surface area contributed by atoms with E-state index in [1.807, 2.05) is 38.1 Å². The highest BCUT2D eigenvalue weighted by atomic mass is 16.1. The van der Waals surface area contributed by atoms with E-state index in [1.54, 1.807) is 31.2 Å². The van der Waals surface area contributed by atoms with E-state index in [0.29, 0.717) is 28.6 Å². The number of para-hydroxylation sites is 1. The zero-order valence-electron chi connectivity index (χ0n) is 15.4. The first-order chi connectivity index (χ1) is 13.0.